The van der Waals surface area contributed by atoms with E-state index in [0.717, 1.165) is 24.2 Å². The number of furan rings is 1. The van der Waals surface area contributed by atoms with Gasteiger partial charge in [-0.05, 0) is 25.6 Å². The van der Waals surface area contributed by atoms with Crippen molar-refractivity contribution in [1.29, 1.82) is 0 Å². The first-order valence-electron chi connectivity index (χ1n) is 5.51. The largest absolute Gasteiger partial charge is 0.459 e. The average Bonchev–Trinajstić information content (AvgIpc) is 2.69. The zero-order valence-electron chi connectivity index (χ0n) is 9.29. The smallest absolute Gasteiger partial charge is 0.134 e. The predicted octanol–water partition coefficient (Wildman–Crippen LogP) is 3.49. The Balaban J connectivity index is 2.34. The van der Waals surface area contributed by atoms with Crippen LogP contribution < -0.4 is 5.32 Å². The summed E-state index contributed by atoms with van der Waals surface area (Å²) in [5.74, 6) is 1.04. The van der Waals surface area contributed by atoms with Crippen molar-refractivity contribution < 1.29 is 4.42 Å². The van der Waals surface area contributed by atoms with Gasteiger partial charge in [0.15, 0.2) is 0 Å². The Kier molecular flexibility index (Phi) is 3.07. The first-order chi connectivity index (χ1) is 7.35. The monoisotopic (exact) mass is 203 g/mol. The summed E-state index contributed by atoms with van der Waals surface area (Å²) in [5.41, 5.74) is 0.976. The fourth-order valence-corrected chi connectivity index (χ4v) is 1.89. The molecule has 2 nitrogen and oxygen atoms in total. The number of benzene rings is 1. The van der Waals surface area contributed by atoms with Crippen molar-refractivity contribution in [1.82, 2.24) is 5.32 Å². The van der Waals surface area contributed by atoms with Crippen LogP contribution in [0, 0.1) is 0 Å². The molecule has 2 rings (SSSR count). The minimum Gasteiger partial charge on any atom is -0.459 e. The Hall–Kier alpha value is -1.28. The Labute approximate surface area is 90.3 Å². The Morgan fingerprint density at radius 2 is 2.13 bits per heavy atom. The maximum atomic E-state index is 5.81. The molecule has 0 radical (unpaired) electrons. The summed E-state index contributed by atoms with van der Waals surface area (Å²) in [4.78, 5) is 0. The van der Waals surface area contributed by atoms with E-state index in [1.54, 1.807) is 0 Å². The van der Waals surface area contributed by atoms with Gasteiger partial charge in [-0.2, -0.15) is 0 Å². The van der Waals surface area contributed by atoms with Crippen LogP contribution in [0.2, 0.25) is 0 Å². The number of para-hydroxylation sites is 1. The van der Waals surface area contributed by atoms with Crippen LogP contribution in [-0.2, 0) is 0 Å². The molecule has 1 N–H and O–H groups in total. The third kappa shape index (κ3) is 2.05. The van der Waals surface area contributed by atoms with Crippen LogP contribution in [0.15, 0.2) is 34.7 Å². The van der Waals surface area contributed by atoms with E-state index in [1.807, 2.05) is 25.2 Å². The van der Waals surface area contributed by atoms with Gasteiger partial charge >= 0.3 is 0 Å². The molecule has 0 saturated heterocycles. The molecule has 2 aromatic rings. The molecular formula is C13H17NO. The quantitative estimate of drug-likeness (QED) is 0.822. The van der Waals surface area contributed by atoms with Crippen LogP contribution in [0.5, 0.6) is 0 Å². The number of hydrogen-bond acceptors (Lipinski definition) is 2. The van der Waals surface area contributed by atoms with Gasteiger partial charge in [-0.3, -0.25) is 0 Å². The summed E-state index contributed by atoms with van der Waals surface area (Å²) in [6.07, 6.45) is 2.26. The molecule has 80 valence electrons. The normalized spacial score (nSPS) is 13.2. The lowest BCUT2D eigenvalue weighted by atomic mass is 10.1. The summed E-state index contributed by atoms with van der Waals surface area (Å²) in [7, 11) is 1.98. The summed E-state index contributed by atoms with van der Waals surface area (Å²) in [5, 5.41) is 4.47. The summed E-state index contributed by atoms with van der Waals surface area (Å²) in [6, 6.07) is 10.6. The third-order valence-electron chi connectivity index (χ3n) is 2.71. The lowest BCUT2D eigenvalue weighted by Gasteiger charge is -2.11. The standard InChI is InChI=1S/C13H17NO/c1-3-6-11(14-2)13-9-10-7-4-5-8-12(10)15-13/h4-5,7-9,11,14H,3,6H2,1-2H3. The number of rotatable bonds is 4. The highest BCUT2D eigenvalue weighted by molar-refractivity contribution is 5.77. The first kappa shape index (κ1) is 10.2. The molecule has 0 bridgehead atoms. The van der Waals surface area contributed by atoms with E-state index in [2.05, 4.69) is 24.4 Å². The van der Waals surface area contributed by atoms with Crippen molar-refractivity contribution in [2.24, 2.45) is 0 Å². The van der Waals surface area contributed by atoms with Gasteiger partial charge in [-0.15, -0.1) is 0 Å². The van der Waals surface area contributed by atoms with Gasteiger partial charge in [0.1, 0.15) is 11.3 Å². The summed E-state index contributed by atoms with van der Waals surface area (Å²) < 4.78 is 5.81. The van der Waals surface area contributed by atoms with E-state index in [-0.39, 0.29) is 0 Å². The van der Waals surface area contributed by atoms with Crippen LogP contribution in [0.1, 0.15) is 31.6 Å². The second-order valence-electron chi connectivity index (χ2n) is 3.82. The van der Waals surface area contributed by atoms with Crippen LogP contribution in [0.25, 0.3) is 11.0 Å². The number of nitrogens with one attached hydrogen (secondary N) is 1. The van der Waals surface area contributed by atoms with E-state index < -0.39 is 0 Å². The molecule has 1 aromatic carbocycles. The van der Waals surface area contributed by atoms with Gasteiger partial charge in [0.05, 0.1) is 6.04 Å². The Bertz CT molecular complexity index is 400. The second-order valence-corrected chi connectivity index (χ2v) is 3.82. The molecule has 0 amide bonds. The van der Waals surface area contributed by atoms with E-state index in [9.17, 15) is 0 Å². The zero-order chi connectivity index (χ0) is 10.7. The van der Waals surface area contributed by atoms with Crippen LogP contribution in [-0.4, -0.2) is 7.05 Å². The van der Waals surface area contributed by atoms with Gasteiger partial charge in [-0.1, -0.05) is 31.5 Å². The van der Waals surface area contributed by atoms with Crippen molar-refractivity contribution in [3.63, 3.8) is 0 Å². The first-order valence-corrected chi connectivity index (χ1v) is 5.51. The van der Waals surface area contributed by atoms with Gasteiger partial charge in [-0.25, -0.2) is 0 Å². The molecule has 1 unspecified atom stereocenters. The fraction of sp³-hybridized carbons (Fsp3) is 0.385. The van der Waals surface area contributed by atoms with Crippen LogP contribution in [0.3, 0.4) is 0 Å². The number of hydrogen-bond donors (Lipinski definition) is 1. The minimum absolute atomic E-state index is 0.336. The predicted molar refractivity (Wildman–Crippen MR) is 62.9 cm³/mol. The lowest BCUT2D eigenvalue weighted by molar-refractivity contribution is 0.430. The molecule has 0 spiro atoms. The van der Waals surface area contributed by atoms with E-state index in [1.165, 1.54) is 5.39 Å². The second kappa shape index (κ2) is 4.49. The number of fused-ring (bicyclic) bond motifs is 1. The molecular weight excluding hydrogens is 186 g/mol. The molecule has 15 heavy (non-hydrogen) atoms. The zero-order valence-corrected chi connectivity index (χ0v) is 9.29. The molecule has 0 aliphatic rings. The molecule has 0 fully saturated rings. The summed E-state index contributed by atoms with van der Waals surface area (Å²) >= 11 is 0. The van der Waals surface area contributed by atoms with Gasteiger partial charge in [0, 0.05) is 5.39 Å². The third-order valence-corrected chi connectivity index (χ3v) is 2.71. The lowest BCUT2D eigenvalue weighted by Crippen LogP contribution is -2.15. The molecule has 0 saturated carbocycles. The molecule has 0 aliphatic carbocycles. The van der Waals surface area contributed by atoms with Crippen molar-refractivity contribution >= 4 is 11.0 Å². The van der Waals surface area contributed by atoms with Crippen LogP contribution in [0.4, 0.5) is 0 Å². The molecule has 1 heterocycles. The van der Waals surface area contributed by atoms with E-state index in [4.69, 9.17) is 4.42 Å². The molecule has 1 aromatic heterocycles. The summed E-state index contributed by atoms with van der Waals surface area (Å²) in [6.45, 7) is 2.19. The van der Waals surface area contributed by atoms with Crippen molar-refractivity contribution in [2.45, 2.75) is 25.8 Å². The highest BCUT2D eigenvalue weighted by atomic mass is 16.3. The molecule has 1 atom stereocenters. The topological polar surface area (TPSA) is 25.2 Å². The van der Waals surface area contributed by atoms with E-state index in [0.29, 0.717) is 6.04 Å². The SMILES string of the molecule is CCCC(NC)c1cc2ccccc2o1. The van der Waals surface area contributed by atoms with Crippen molar-refractivity contribution in [2.75, 3.05) is 7.05 Å². The Morgan fingerprint density at radius 3 is 2.80 bits per heavy atom. The Morgan fingerprint density at radius 1 is 1.33 bits per heavy atom. The molecule has 2 heteroatoms. The fourth-order valence-electron chi connectivity index (χ4n) is 1.89. The highest BCUT2D eigenvalue weighted by Crippen LogP contribution is 2.25. The average molecular weight is 203 g/mol. The maximum Gasteiger partial charge on any atom is 0.134 e. The van der Waals surface area contributed by atoms with Gasteiger partial charge in [0.25, 0.3) is 0 Å². The van der Waals surface area contributed by atoms with Gasteiger partial charge in [0.2, 0.25) is 0 Å². The van der Waals surface area contributed by atoms with Crippen molar-refractivity contribution in [3.05, 3.63) is 36.1 Å². The van der Waals surface area contributed by atoms with Crippen molar-refractivity contribution in [3.8, 4) is 0 Å². The molecule has 0 aliphatic heterocycles. The maximum absolute atomic E-state index is 5.81. The van der Waals surface area contributed by atoms with Gasteiger partial charge < -0.3 is 9.73 Å². The van der Waals surface area contributed by atoms with E-state index >= 15 is 0 Å². The highest BCUT2D eigenvalue weighted by Gasteiger charge is 2.12. The minimum atomic E-state index is 0.336. The van der Waals surface area contributed by atoms with Crippen LogP contribution >= 0.6 is 0 Å².